The lowest BCUT2D eigenvalue weighted by atomic mass is 10.0. The number of rotatable bonds is 17. The van der Waals surface area contributed by atoms with E-state index in [-0.39, 0.29) is 0 Å². The number of nitrogens with zero attached hydrogens (tertiary/aromatic N) is 1. The van der Waals surface area contributed by atoms with E-state index in [1.54, 1.807) is 0 Å². The fourth-order valence-electron chi connectivity index (χ4n) is 2.96. The lowest BCUT2D eigenvalue weighted by Crippen LogP contribution is -2.21. The van der Waals surface area contributed by atoms with Crippen LogP contribution in [0.25, 0.3) is 0 Å². The lowest BCUT2D eigenvalue weighted by Gasteiger charge is -2.13. The van der Waals surface area contributed by atoms with Crippen LogP contribution < -0.4 is 0 Å². The predicted octanol–water partition coefficient (Wildman–Crippen LogP) is 8.05. The van der Waals surface area contributed by atoms with Crippen LogP contribution in [0, 0.1) is 0 Å². The average molecular weight is 362 g/mol. The summed E-state index contributed by atoms with van der Waals surface area (Å²) in [6.45, 7) is 12.4. The van der Waals surface area contributed by atoms with E-state index in [4.69, 9.17) is 11.6 Å². The van der Waals surface area contributed by atoms with Gasteiger partial charge in [-0.1, -0.05) is 111 Å². The van der Waals surface area contributed by atoms with E-state index in [1.165, 1.54) is 110 Å². The lowest BCUT2D eigenvalue weighted by molar-refractivity contribution is 0.321. The number of unbranched alkanes of at least 4 members (excludes halogenated alkanes) is 13. The smallest absolute Gasteiger partial charge is 0.0223 e. The molecule has 0 spiro atoms. The average Bonchev–Trinajstić information content (AvgIpc) is 2.61. The van der Waals surface area contributed by atoms with Gasteiger partial charge in [0.05, 0.1) is 0 Å². The molecule has 24 heavy (non-hydrogen) atoms. The summed E-state index contributed by atoms with van der Waals surface area (Å²) < 4.78 is 0. The van der Waals surface area contributed by atoms with Crippen LogP contribution in [0.2, 0.25) is 0 Å². The van der Waals surface area contributed by atoms with Crippen LogP contribution in [0.4, 0.5) is 0 Å². The molecule has 0 aliphatic rings. The molecule has 0 bridgehead atoms. The summed E-state index contributed by atoms with van der Waals surface area (Å²) in [6.07, 6.45) is 19.8. The Bertz CT molecular complexity index is 173. The first kappa shape index (κ1) is 26.5. The van der Waals surface area contributed by atoms with Crippen molar-refractivity contribution in [1.82, 2.24) is 4.90 Å². The van der Waals surface area contributed by atoms with Gasteiger partial charge in [0.15, 0.2) is 0 Å². The van der Waals surface area contributed by atoms with Gasteiger partial charge in [0.2, 0.25) is 0 Å². The zero-order valence-electron chi connectivity index (χ0n) is 17.6. The van der Waals surface area contributed by atoms with Gasteiger partial charge in [-0.05, 0) is 26.1 Å². The highest BCUT2D eigenvalue weighted by Gasteiger charge is 1.93. The summed E-state index contributed by atoms with van der Waals surface area (Å²) in [5.74, 6) is 0.845. The molecule has 0 fully saturated rings. The van der Waals surface area contributed by atoms with Gasteiger partial charge in [-0.2, -0.15) is 0 Å². The predicted molar refractivity (Wildman–Crippen MR) is 114 cm³/mol. The Morgan fingerprint density at radius 1 is 0.458 bits per heavy atom. The van der Waals surface area contributed by atoms with Gasteiger partial charge in [-0.25, -0.2) is 0 Å². The minimum absolute atomic E-state index is 0.845. The molecule has 0 saturated heterocycles. The van der Waals surface area contributed by atoms with Gasteiger partial charge in [0.1, 0.15) is 0 Å². The number of hydrogen-bond donors (Lipinski definition) is 0. The molecule has 0 aliphatic heterocycles. The molecule has 0 rings (SSSR count). The second-order valence-electron chi connectivity index (χ2n) is 6.90. The third-order valence-electron chi connectivity index (χ3n) is 4.83. The maximum absolute atomic E-state index is 5.64. The topological polar surface area (TPSA) is 3.24 Å². The maximum Gasteiger partial charge on any atom is 0.0223 e. The quantitative estimate of drug-likeness (QED) is 0.187. The molecule has 0 saturated carbocycles. The standard InChI is InChI=1S/C16H33Cl.C6H15N/c1-2-3-4-5-6-7-8-9-10-11-12-13-14-15-16-17;1-4-7(5-2)6-3/h2-16H2,1H3;4-6H2,1-3H3. The van der Waals surface area contributed by atoms with E-state index in [0.29, 0.717) is 0 Å². The SMILES string of the molecule is CCCCCCCCCCCCCCCCCl.CCN(CC)CC. The molecule has 148 valence electrons. The normalized spacial score (nSPS) is 10.8. The molecule has 0 aromatic carbocycles. The monoisotopic (exact) mass is 361 g/mol. The molecule has 0 amide bonds. The molecule has 0 unspecified atom stereocenters. The van der Waals surface area contributed by atoms with Crippen LogP contribution in [0.15, 0.2) is 0 Å². The van der Waals surface area contributed by atoms with Crippen molar-refractivity contribution in [2.24, 2.45) is 0 Å². The maximum atomic E-state index is 5.64. The van der Waals surface area contributed by atoms with Crippen LogP contribution in [-0.2, 0) is 0 Å². The number of hydrogen-bond acceptors (Lipinski definition) is 1. The Kier molecular flexibility index (Phi) is 28.1. The van der Waals surface area contributed by atoms with Gasteiger partial charge in [0.25, 0.3) is 0 Å². The second kappa shape index (κ2) is 25.5. The van der Waals surface area contributed by atoms with E-state index < -0.39 is 0 Å². The van der Waals surface area contributed by atoms with Crippen molar-refractivity contribution in [1.29, 1.82) is 0 Å². The minimum Gasteiger partial charge on any atom is -0.304 e. The van der Waals surface area contributed by atoms with E-state index in [9.17, 15) is 0 Å². The van der Waals surface area contributed by atoms with Gasteiger partial charge in [-0.3, -0.25) is 0 Å². The van der Waals surface area contributed by atoms with E-state index in [2.05, 4.69) is 32.6 Å². The van der Waals surface area contributed by atoms with Gasteiger partial charge < -0.3 is 4.90 Å². The zero-order valence-corrected chi connectivity index (χ0v) is 18.3. The van der Waals surface area contributed by atoms with Crippen LogP contribution in [0.3, 0.4) is 0 Å². The molecule has 2 heteroatoms. The van der Waals surface area contributed by atoms with E-state index in [0.717, 1.165) is 5.88 Å². The van der Waals surface area contributed by atoms with Gasteiger partial charge in [0, 0.05) is 5.88 Å². The van der Waals surface area contributed by atoms with Crippen molar-refractivity contribution in [3.05, 3.63) is 0 Å². The van der Waals surface area contributed by atoms with Crippen LogP contribution >= 0.6 is 11.6 Å². The Morgan fingerprint density at radius 2 is 0.750 bits per heavy atom. The van der Waals surface area contributed by atoms with Crippen molar-refractivity contribution in [2.45, 2.75) is 118 Å². The summed E-state index contributed by atoms with van der Waals surface area (Å²) in [5.41, 5.74) is 0. The Hall–Kier alpha value is 0.250. The minimum atomic E-state index is 0.845. The molecule has 0 aromatic heterocycles. The van der Waals surface area contributed by atoms with Crippen molar-refractivity contribution in [2.75, 3.05) is 25.5 Å². The number of alkyl halides is 1. The summed E-state index contributed by atoms with van der Waals surface area (Å²) in [6, 6.07) is 0. The van der Waals surface area contributed by atoms with Gasteiger partial charge >= 0.3 is 0 Å². The zero-order chi connectivity index (χ0) is 18.3. The third kappa shape index (κ3) is 24.5. The fraction of sp³-hybridized carbons (Fsp3) is 1.00. The Labute approximate surface area is 159 Å². The fourth-order valence-corrected chi connectivity index (χ4v) is 3.15. The highest BCUT2D eigenvalue weighted by atomic mass is 35.5. The molecule has 0 aliphatic carbocycles. The molecule has 1 nitrogen and oxygen atoms in total. The third-order valence-corrected chi connectivity index (χ3v) is 5.10. The Morgan fingerprint density at radius 3 is 0.958 bits per heavy atom. The highest BCUT2D eigenvalue weighted by Crippen LogP contribution is 2.12. The molecule has 0 N–H and O–H groups in total. The van der Waals surface area contributed by atoms with Crippen LogP contribution in [0.5, 0.6) is 0 Å². The summed E-state index contributed by atoms with van der Waals surface area (Å²) >= 11 is 5.64. The van der Waals surface area contributed by atoms with Crippen molar-refractivity contribution < 1.29 is 0 Å². The van der Waals surface area contributed by atoms with Crippen molar-refractivity contribution >= 4 is 11.6 Å². The van der Waals surface area contributed by atoms with Crippen LogP contribution in [0.1, 0.15) is 118 Å². The molecule has 0 radical (unpaired) electrons. The summed E-state index contributed by atoms with van der Waals surface area (Å²) in [4.78, 5) is 2.38. The molecule has 0 aromatic rings. The first-order chi connectivity index (χ1) is 11.8. The van der Waals surface area contributed by atoms with E-state index in [1.807, 2.05) is 0 Å². The van der Waals surface area contributed by atoms with Crippen molar-refractivity contribution in [3.8, 4) is 0 Å². The largest absolute Gasteiger partial charge is 0.304 e. The second-order valence-corrected chi connectivity index (χ2v) is 7.28. The van der Waals surface area contributed by atoms with E-state index >= 15 is 0 Å². The Balaban J connectivity index is 0. The molecular formula is C22H48ClN. The first-order valence-electron chi connectivity index (χ1n) is 11.0. The first-order valence-corrected chi connectivity index (χ1v) is 11.6. The highest BCUT2D eigenvalue weighted by molar-refractivity contribution is 6.17. The molecule has 0 heterocycles. The molecular weight excluding hydrogens is 314 g/mol. The van der Waals surface area contributed by atoms with Crippen LogP contribution in [-0.4, -0.2) is 30.4 Å². The van der Waals surface area contributed by atoms with Crippen molar-refractivity contribution in [3.63, 3.8) is 0 Å². The number of halogens is 1. The van der Waals surface area contributed by atoms with Gasteiger partial charge in [-0.15, -0.1) is 11.6 Å². The summed E-state index contributed by atoms with van der Waals surface area (Å²) in [7, 11) is 0. The summed E-state index contributed by atoms with van der Waals surface area (Å²) in [5, 5.41) is 0. The molecule has 0 atom stereocenters.